The van der Waals surface area contributed by atoms with Gasteiger partial charge >= 0.3 is 0 Å². The van der Waals surface area contributed by atoms with Crippen LogP contribution in [0.25, 0.3) is 0 Å². The molecule has 1 fully saturated rings. The van der Waals surface area contributed by atoms with Gasteiger partial charge in [-0.05, 0) is 67.1 Å². The maximum Gasteiger partial charge on any atom is 0.261 e. The number of morpholine rings is 1. The van der Waals surface area contributed by atoms with Gasteiger partial charge in [-0.1, -0.05) is 29.3 Å². The van der Waals surface area contributed by atoms with Crippen LogP contribution in [0.15, 0.2) is 70.5 Å². The summed E-state index contributed by atoms with van der Waals surface area (Å²) in [4.78, 5) is 12.7. The number of rotatable bonds is 7. The fraction of sp³-hybridized carbons (Fsp3) is 0.208. The number of hydrogen-bond donors (Lipinski definition) is 2. The molecule has 37 heavy (non-hydrogen) atoms. The van der Waals surface area contributed by atoms with Gasteiger partial charge in [0.2, 0.25) is 10.0 Å². The van der Waals surface area contributed by atoms with E-state index in [0.29, 0.717) is 22.0 Å². The van der Waals surface area contributed by atoms with E-state index >= 15 is 0 Å². The molecular weight excluding hydrogens is 561 g/mol. The summed E-state index contributed by atoms with van der Waals surface area (Å²) < 4.78 is 60.6. The van der Waals surface area contributed by atoms with Crippen LogP contribution >= 0.6 is 23.2 Å². The van der Waals surface area contributed by atoms with Crippen molar-refractivity contribution in [3.05, 3.63) is 81.8 Å². The maximum absolute atomic E-state index is 13.0. The number of anilines is 2. The summed E-state index contributed by atoms with van der Waals surface area (Å²) in [6.07, 6.45) is 0. The fourth-order valence-electron chi connectivity index (χ4n) is 3.61. The molecule has 3 aromatic rings. The predicted molar refractivity (Wildman–Crippen MR) is 142 cm³/mol. The highest BCUT2D eigenvalue weighted by Gasteiger charge is 2.29. The van der Waals surface area contributed by atoms with Crippen LogP contribution in [-0.4, -0.2) is 53.4 Å². The molecule has 1 saturated heterocycles. The molecule has 4 rings (SSSR count). The molecule has 0 unspecified atom stereocenters. The van der Waals surface area contributed by atoms with Crippen LogP contribution in [-0.2, 0) is 24.8 Å². The summed E-state index contributed by atoms with van der Waals surface area (Å²) in [7, 11) is -7.82. The quantitative estimate of drug-likeness (QED) is 0.425. The van der Waals surface area contributed by atoms with Crippen molar-refractivity contribution in [1.29, 1.82) is 0 Å². The van der Waals surface area contributed by atoms with Crippen molar-refractivity contribution >= 4 is 60.5 Å². The van der Waals surface area contributed by atoms with Crippen LogP contribution in [0.1, 0.15) is 15.9 Å². The number of hydrogen-bond acceptors (Lipinski definition) is 6. The largest absolute Gasteiger partial charge is 0.379 e. The third-order valence-electron chi connectivity index (χ3n) is 5.72. The Morgan fingerprint density at radius 2 is 1.59 bits per heavy atom. The molecule has 1 aliphatic heterocycles. The van der Waals surface area contributed by atoms with E-state index in [2.05, 4.69) is 10.0 Å². The summed E-state index contributed by atoms with van der Waals surface area (Å²) in [6, 6.07) is 14.4. The summed E-state index contributed by atoms with van der Waals surface area (Å²) in [5.41, 5.74) is 1.34. The first-order valence-electron chi connectivity index (χ1n) is 11.1. The van der Waals surface area contributed by atoms with Gasteiger partial charge in [-0.3, -0.25) is 9.52 Å². The van der Waals surface area contributed by atoms with E-state index in [1.54, 1.807) is 25.1 Å². The smallest absolute Gasteiger partial charge is 0.261 e. The Morgan fingerprint density at radius 1 is 0.919 bits per heavy atom. The molecule has 0 bridgehead atoms. The number of nitrogens with zero attached hydrogens (tertiary/aromatic N) is 1. The third-order valence-corrected chi connectivity index (χ3v) is 9.89. The lowest BCUT2D eigenvalue weighted by atomic mass is 10.2. The second-order valence-electron chi connectivity index (χ2n) is 8.16. The molecule has 1 amide bonds. The molecule has 196 valence electrons. The van der Waals surface area contributed by atoms with Gasteiger partial charge in [0, 0.05) is 29.4 Å². The highest BCUT2D eigenvalue weighted by Crippen LogP contribution is 2.28. The van der Waals surface area contributed by atoms with Gasteiger partial charge in [0.1, 0.15) is 4.90 Å². The third kappa shape index (κ3) is 6.08. The predicted octanol–water partition coefficient (Wildman–Crippen LogP) is 4.38. The maximum atomic E-state index is 13.0. The lowest BCUT2D eigenvalue weighted by molar-refractivity contribution is 0.0730. The summed E-state index contributed by atoms with van der Waals surface area (Å²) >= 11 is 12.2. The molecule has 0 aliphatic carbocycles. The molecule has 0 radical (unpaired) electrons. The fourth-order valence-corrected chi connectivity index (χ4v) is 6.82. The number of ether oxygens (including phenoxy) is 1. The molecular formula is C24H23Cl2N3O6S2. The molecule has 9 nitrogen and oxygen atoms in total. The molecule has 3 aromatic carbocycles. The van der Waals surface area contributed by atoms with Crippen molar-refractivity contribution in [2.24, 2.45) is 0 Å². The van der Waals surface area contributed by atoms with Crippen LogP contribution in [0.3, 0.4) is 0 Å². The van der Waals surface area contributed by atoms with Crippen molar-refractivity contribution in [3.8, 4) is 0 Å². The second kappa shape index (κ2) is 11.0. The minimum atomic E-state index is -3.92. The van der Waals surface area contributed by atoms with Gasteiger partial charge in [-0.25, -0.2) is 16.8 Å². The molecule has 13 heteroatoms. The van der Waals surface area contributed by atoms with Crippen LogP contribution in [0.5, 0.6) is 0 Å². The monoisotopic (exact) mass is 583 g/mol. The Hall–Kier alpha value is -2.67. The van der Waals surface area contributed by atoms with Crippen molar-refractivity contribution in [2.45, 2.75) is 16.7 Å². The Balaban J connectivity index is 1.50. The molecule has 0 atom stereocenters. The van der Waals surface area contributed by atoms with Gasteiger partial charge < -0.3 is 10.1 Å². The van der Waals surface area contributed by atoms with Crippen LogP contribution in [0.2, 0.25) is 10.0 Å². The zero-order valence-corrected chi connectivity index (χ0v) is 22.7. The van der Waals surface area contributed by atoms with E-state index in [4.69, 9.17) is 27.9 Å². The van der Waals surface area contributed by atoms with Gasteiger partial charge in [0.05, 0.1) is 28.8 Å². The summed E-state index contributed by atoms with van der Waals surface area (Å²) in [5.74, 6) is -0.585. The minimum Gasteiger partial charge on any atom is -0.379 e. The van der Waals surface area contributed by atoms with E-state index < -0.39 is 26.0 Å². The number of sulfonamides is 2. The molecule has 1 heterocycles. The molecule has 0 aromatic heterocycles. The van der Waals surface area contributed by atoms with Crippen LogP contribution < -0.4 is 10.0 Å². The Kier molecular flexibility index (Phi) is 8.12. The van der Waals surface area contributed by atoms with Crippen molar-refractivity contribution in [3.63, 3.8) is 0 Å². The number of halogens is 2. The summed E-state index contributed by atoms with van der Waals surface area (Å²) in [5, 5.41) is 3.07. The first-order valence-corrected chi connectivity index (χ1v) is 14.7. The van der Waals surface area contributed by atoms with Crippen molar-refractivity contribution < 1.29 is 26.4 Å². The average molecular weight is 585 g/mol. The van der Waals surface area contributed by atoms with Crippen molar-refractivity contribution in [2.75, 3.05) is 36.3 Å². The first-order chi connectivity index (χ1) is 17.5. The number of nitrogens with one attached hydrogen (secondary N) is 2. The number of amides is 1. The lowest BCUT2D eigenvalue weighted by Gasteiger charge is -2.26. The SMILES string of the molecule is Cc1c(Cl)cccc1NS(=O)(=O)c1ccc(NC(=O)c2ccc(Cl)c(S(=O)(=O)N3CCOCC3)c2)cc1. The zero-order chi connectivity index (χ0) is 26.8. The van der Waals surface area contributed by atoms with E-state index in [9.17, 15) is 21.6 Å². The van der Waals surface area contributed by atoms with Crippen LogP contribution in [0.4, 0.5) is 11.4 Å². The zero-order valence-electron chi connectivity index (χ0n) is 19.6. The summed E-state index contributed by atoms with van der Waals surface area (Å²) in [6.45, 7) is 2.63. The first kappa shape index (κ1) is 27.4. The lowest BCUT2D eigenvalue weighted by Crippen LogP contribution is -2.40. The average Bonchev–Trinajstić information content (AvgIpc) is 2.87. The molecule has 1 aliphatic rings. The number of carbonyl (C=O) groups excluding carboxylic acids is 1. The Labute approximate surface area is 225 Å². The van der Waals surface area contributed by atoms with Gasteiger partial charge in [0.15, 0.2) is 0 Å². The van der Waals surface area contributed by atoms with Gasteiger partial charge in [-0.2, -0.15) is 4.31 Å². The van der Waals surface area contributed by atoms with E-state index in [1.807, 2.05) is 0 Å². The number of benzene rings is 3. The molecule has 0 spiro atoms. The van der Waals surface area contributed by atoms with Crippen LogP contribution in [0, 0.1) is 6.92 Å². The Morgan fingerprint density at radius 3 is 2.27 bits per heavy atom. The standard InChI is InChI=1S/C24H23Cl2N3O6S2/c1-16-20(25)3-2-4-22(16)28-36(31,32)19-8-6-18(7-9-19)27-24(30)17-5-10-21(26)23(15-17)37(33,34)29-11-13-35-14-12-29/h2-10,15,28H,11-14H2,1H3,(H,27,30). The minimum absolute atomic E-state index is 0.0000386. The Bertz CT molecular complexity index is 1540. The normalized spacial score (nSPS) is 14.8. The van der Waals surface area contributed by atoms with E-state index in [0.717, 1.165) is 0 Å². The van der Waals surface area contributed by atoms with Gasteiger partial charge in [-0.15, -0.1) is 0 Å². The van der Waals surface area contributed by atoms with E-state index in [-0.39, 0.29) is 46.7 Å². The van der Waals surface area contributed by atoms with E-state index in [1.165, 1.54) is 46.8 Å². The van der Waals surface area contributed by atoms with Gasteiger partial charge in [0.25, 0.3) is 15.9 Å². The highest BCUT2D eigenvalue weighted by molar-refractivity contribution is 7.92. The molecule has 2 N–H and O–H groups in total. The molecule has 0 saturated carbocycles. The second-order valence-corrected chi connectivity index (χ2v) is 12.6. The highest BCUT2D eigenvalue weighted by atomic mass is 35.5. The number of carbonyl (C=O) groups is 1. The van der Waals surface area contributed by atoms with Crippen molar-refractivity contribution in [1.82, 2.24) is 4.31 Å². The topological polar surface area (TPSA) is 122 Å².